The van der Waals surface area contributed by atoms with Crippen LogP contribution in [0.25, 0.3) is 78.3 Å². The first-order valence-electron chi connectivity index (χ1n) is 15.7. The van der Waals surface area contributed by atoms with Crippen LogP contribution in [0.5, 0.6) is 11.5 Å². The van der Waals surface area contributed by atoms with Crippen LogP contribution in [0.15, 0.2) is 164 Å². The van der Waals surface area contributed by atoms with E-state index in [9.17, 15) is 0 Å². The second kappa shape index (κ2) is 11.2. The van der Waals surface area contributed by atoms with Crippen molar-refractivity contribution in [1.29, 1.82) is 0 Å². The molecule has 0 spiro atoms. The van der Waals surface area contributed by atoms with E-state index in [0.717, 1.165) is 61.2 Å². The second-order valence-electron chi connectivity index (χ2n) is 11.6. The molecule has 0 saturated heterocycles. The summed E-state index contributed by atoms with van der Waals surface area (Å²) in [5, 5.41) is 2.22. The normalized spacial score (nSPS) is 11.6. The van der Waals surface area contributed by atoms with Crippen LogP contribution in [0.1, 0.15) is 0 Å². The van der Waals surface area contributed by atoms with Gasteiger partial charge in [0.2, 0.25) is 0 Å². The molecule has 7 aromatic carbocycles. The Kier molecular flexibility index (Phi) is 6.43. The number of ether oxygens (including phenoxy) is 1. The summed E-state index contributed by atoms with van der Waals surface area (Å²) in [5.41, 5.74) is 9.56. The third kappa shape index (κ3) is 4.75. The van der Waals surface area contributed by atoms with Crippen molar-refractivity contribution < 1.29 is 4.74 Å². The average molecular weight is 602 g/mol. The molecule has 4 heteroatoms. The van der Waals surface area contributed by atoms with Gasteiger partial charge in [0, 0.05) is 27.6 Å². The highest BCUT2D eigenvalue weighted by atomic mass is 16.5. The predicted octanol–water partition coefficient (Wildman–Crippen LogP) is 11.1. The first-order chi connectivity index (χ1) is 23.3. The maximum absolute atomic E-state index is 6.64. The van der Waals surface area contributed by atoms with Crippen molar-refractivity contribution in [2.24, 2.45) is 0 Å². The summed E-state index contributed by atoms with van der Waals surface area (Å²) in [5.74, 6) is 3.49. The van der Waals surface area contributed by atoms with E-state index in [0.29, 0.717) is 17.5 Å². The summed E-state index contributed by atoms with van der Waals surface area (Å²) in [6.07, 6.45) is 0. The molecule has 47 heavy (non-hydrogen) atoms. The highest BCUT2D eigenvalue weighted by Crippen LogP contribution is 2.51. The van der Waals surface area contributed by atoms with Crippen LogP contribution in [-0.2, 0) is 0 Å². The van der Waals surface area contributed by atoms with Gasteiger partial charge in [-0.15, -0.1) is 0 Å². The minimum atomic E-state index is 0.603. The first kappa shape index (κ1) is 27.0. The molecule has 0 unspecified atom stereocenters. The van der Waals surface area contributed by atoms with E-state index in [4.69, 9.17) is 19.7 Å². The summed E-state index contributed by atoms with van der Waals surface area (Å²) in [6, 6.07) is 56.3. The van der Waals surface area contributed by atoms with Gasteiger partial charge < -0.3 is 4.74 Å². The first-order valence-corrected chi connectivity index (χ1v) is 15.7. The van der Waals surface area contributed by atoms with E-state index < -0.39 is 0 Å². The predicted molar refractivity (Wildman–Crippen MR) is 190 cm³/mol. The van der Waals surface area contributed by atoms with Gasteiger partial charge in [-0.25, -0.2) is 15.0 Å². The van der Waals surface area contributed by atoms with Crippen LogP contribution in [0, 0.1) is 0 Å². The quantitative estimate of drug-likeness (QED) is 0.197. The Balaban J connectivity index is 1.22. The molecule has 0 amide bonds. The Morgan fingerprint density at radius 1 is 0.319 bits per heavy atom. The fourth-order valence-electron chi connectivity index (χ4n) is 6.52. The minimum absolute atomic E-state index is 0.603. The summed E-state index contributed by atoms with van der Waals surface area (Å²) in [4.78, 5) is 15.0. The molecular weight excluding hydrogens is 574 g/mol. The van der Waals surface area contributed by atoms with Crippen LogP contribution < -0.4 is 4.74 Å². The van der Waals surface area contributed by atoms with Crippen LogP contribution in [0.2, 0.25) is 0 Å². The highest BCUT2D eigenvalue weighted by Gasteiger charge is 2.26. The standard InChI is InChI=1S/C43H27N3O/c1-4-12-28(13-5-1)29-22-24-30(25-23-29)33-26-27-38-39-34(33)18-10-19-35(39)40-36(20-11-21-37(40)47-38)43-45-41(31-14-6-2-7-15-31)44-42(46-43)32-16-8-3-9-17-32/h1-27H. The van der Waals surface area contributed by atoms with Gasteiger partial charge in [0.1, 0.15) is 11.5 Å². The Labute approximate surface area is 272 Å². The Morgan fingerprint density at radius 3 is 1.51 bits per heavy atom. The number of aromatic nitrogens is 3. The van der Waals surface area contributed by atoms with Crippen molar-refractivity contribution in [1.82, 2.24) is 15.0 Å². The number of nitrogens with zero attached hydrogens (tertiary/aromatic N) is 3. The van der Waals surface area contributed by atoms with E-state index in [1.165, 1.54) is 11.1 Å². The second-order valence-corrected chi connectivity index (χ2v) is 11.6. The van der Waals surface area contributed by atoms with Crippen molar-refractivity contribution in [3.63, 3.8) is 0 Å². The fourth-order valence-corrected chi connectivity index (χ4v) is 6.52. The van der Waals surface area contributed by atoms with Crippen molar-refractivity contribution in [3.8, 4) is 79.0 Å². The number of benzene rings is 7. The molecule has 2 heterocycles. The topological polar surface area (TPSA) is 47.9 Å². The van der Waals surface area contributed by atoms with Crippen LogP contribution in [-0.4, -0.2) is 15.0 Å². The molecule has 8 aromatic rings. The SMILES string of the molecule is c1ccc(-c2ccc(-c3ccc4c5c(cccc35)-c3c(cccc3-c3nc(-c5ccccc5)nc(-c5ccccc5)n3)O4)cc2)cc1. The fraction of sp³-hybridized carbons (Fsp3) is 0. The molecule has 0 saturated carbocycles. The van der Waals surface area contributed by atoms with Gasteiger partial charge in [-0.05, 0) is 45.3 Å². The molecule has 0 fully saturated rings. The van der Waals surface area contributed by atoms with Crippen molar-refractivity contribution in [2.75, 3.05) is 0 Å². The number of hydrogen-bond donors (Lipinski definition) is 0. The molecule has 0 aliphatic carbocycles. The highest BCUT2D eigenvalue weighted by molar-refractivity contribution is 6.11. The maximum atomic E-state index is 6.64. The van der Waals surface area contributed by atoms with Crippen molar-refractivity contribution >= 4 is 10.8 Å². The third-order valence-electron chi connectivity index (χ3n) is 8.76. The smallest absolute Gasteiger partial charge is 0.164 e. The molecule has 0 radical (unpaired) electrons. The molecule has 1 aromatic heterocycles. The van der Waals surface area contributed by atoms with Crippen molar-refractivity contribution in [2.45, 2.75) is 0 Å². The molecule has 9 rings (SSSR count). The van der Waals surface area contributed by atoms with Gasteiger partial charge in [0.05, 0.1) is 0 Å². The molecule has 4 nitrogen and oxygen atoms in total. The summed E-state index contributed by atoms with van der Waals surface area (Å²) in [7, 11) is 0. The Hall–Kier alpha value is -6.39. The monoisotopic (exact) mass is 601 g/mol. The zero-order chi connectivity index (χ0) is 31.2. The lowest BCUT2D eigenvalue weighted by molar-refractivity contribution is 0.487. The van der Waals surface area contributed by atoms with Gasteiger partial charge in [-0.2, -0.15) is 0 Å². The Morgan fingerprint density at radius 2 is 0.851 bits per heavy atom. The van der Waals surface area contributed by atoms with E-state index in [1.54, 1.807) is 0 Å². The number of fused-ring (bicyclic) bond motifs is 2. The molecule has 220 valence electrons. The zero-order valence-corrected chi connectivity index (χ0v) is 25.3. The van der Waals surface area contributed by atoms with Gasteiger partial charge in [-0.3, -0.25) is 0 Å². The summed E-state index contributed by atoms with van der Waals surface area (Å²) in [6.45, 7) is 0. The van der Waals surface area contributed by atoms with Gasteiger partial charge in [0.25, 0.3) is 0 Å². The van der Waals surface area contributed by atoms with Crippen LogP contribution in [0.3, 0.4) is 0 Å². The van der Waals surface area contributed by atoms with E-state index in [2.05, 4.69) is 84.9 Å². The van der Waals surface area contributed by atoms with E-state index >= 15 is 0 Å². The summed E-state index contributed by atoms with van der Waals surface area (Å²) >= 11 is 0. The number of hydrogen-bond acceptors (Lipinski definition) is 4. The molecule has 0 N–H and O–H groups in total. The Bertz CT molecular complexity index is 2350. The van der Waals surface area contributed by atoms with Gasteiger partial charge in [0.15, 0.2) is 17.5 Å². The molecular formula is C43H27N3O. The average Bonchev–Trinajstić information content (AvgIpc) is 3.16. The lowest BCUT2D eigenvalue weighted by Crippen LogP contribution is -2.03. The molecule has 0 bridgehead atoms. The molecule has 1 aliphatic heterocycles. The van der Waals surface area contributed by atoms with Gasteiger partial charge in [-0.1, -0.05) is 152 Å². The van der Waals surface area contributed by atoms with Gasteiger partial charge >= 0.3 is 0 Å². The van der Waals surface area contributed by atoms with E-state index in [-0.39, 0.29) is 0 Å². The van der Waals surface area contributed by atoms with E-state index in [1.807, 2.05) is 78.9 Å². The molecule has 1 aliphatic rings. The third-order valence-corrected chi connectivity index (χ3v) is 8.76. The zero-order valence-electron chi connectivity index (χ0n) is 25.3. The summed E-state index contributed by atoms with van der Waals surface area (Å²) < 4.78 is 6.64. The van der Waals surface area contributed by atoms with Crippen LogP contribution in [0.4, 0.5) is 0 Å². The van der Waals surface area contributed by atoms with Crippen molar-refractivity contribution in [3.05, 3.63) is 164 Å². The minimum Gasteiger partial charge on any atom is -0.456 e. The molecule has 0 atom stereocenters. The van der Waals surface area contributed by atoms with Crippen LogP contribution >= 0.6 is 0 Å². The largest absolute Gasteiger partial charge is 0.456 e. The lowest BCUT2D eigenvalue weighted by atomic mass is 9.88. The maximum Gasteiger partial charge on any atom is 0.164 e. The lowest BCUT2D eigenvalue weighted by Gasteiger charge is -2.24. The number of rotatable bonds is 5.